The van der Waals surface area contributed by atoms with Gasteiger partial charge in [0.15, 0.2) is 0 Å². The molecule has 0 atom stereocenters. The number of anilines is 2. The SMILES string of the molecule is CC(=O)Nc1cc(C)nn1-c1ccc(NS(=O)(=O)c2ccc([N+](=O)[O-])cc2)cc1. The van der Waals surface area contributed by atoms with Gasteiger partial charge in [0.1, 0.15) is 5.82 Å². The summed E-state index contributed by atoms with van der Waals surface area (Å²) in [7, 11) is -3.91. The number of carbonyl (C=O) groups excluding carboxylic acids is 1. The van der Waals surface area contributed by atoms with Crippen LogP contribution in [-0.2, 0) is 14.8 Å². The average molecular weight is 415 g/mol. The molecule has 11 heteroatoms. The zero-order chi connectivity index (χ0) is 21.2. The van der Waals surface area contributed by atoms with Crippen molar-refractivity contribution in [2.75, 3.05) is 10.0 Å². The molecule has 0 aliphatic heterocycles. The molecule has 2 aromatic carbocycles. The van der Waals surface area contributed by atoms with Crippen molar-refractivity contribution in [1.82, 2.24) is 9.78 Å². The predicted octanol–water partition coefficient (Wildman–Crippen LogP) is 2.85. The highest BCUT2D eigenvalue weighted by Crippen LogP contribution is 2.22. The van der Waals surface area contributed by atoms with Crippen molar-refractivity contribution in [1.29, 1.82) is 0 Å². The number of nitro groups is 1. The second-order valence-corrected chi connectivity index (χ2v) is 7.85. The molecule has 0 aliphatic carbocycles. The number of aromatic nitrogens is 2. The molecule has 0 fully saturated rings. The molecule has 0 bridgehead atoms. The Morgan fingerprint density at radius 2 is 1.72 bits per heavy atom. The van der Waals surface area contributed by atoms with Crippen molar-refractivity contribution < 1.29 is 18.1 Å². The lowest BCUT2D eigenvalue weighted by Crippen LogP contribution is -2.13. The summed E-state index contributed by atoms with van der Waals surface area (Å²) in [6.45, 7) is 3.18. The lowest BCUT2D eigenvalue weighted by Gasteiger charge is -2.10. The minimum atomic E-state index is -3.91. The second kappa shape index (κ2) is 7.72. The van der Waals surface area contributed by atoms with Gasteiger partial charge in [0.2, 0.25) is 5.91 Å². The summed E-state index contributed by atoms with van der Waals surface area (Å²) in [5.74, 6) is 0.257. The first-order valence-electron chi connectivity index (χ1n) is 8.38. The van der Waals surface area contributed by atoms with E-state index in [-0.39, 0.29) is 16.5 Å². The topological polar surface area (TPSA) is 136 Å². The molecule has 1 amide bonds. The summed E-state index contributed by atoms with van der Waals surface area (Å²) in [4.78, 5) is 21.3. The van der Waals surface area contributed by atoms with Gasteiger partial charge in [-0.15, -0.1) is 0 Å². The fourth-order valence-electron chi connectivity index (χ4n) is 2.60. The van der Waals surface area contributed by atoms with Gasteiger partial charge < -0.3 is 5.32 Å². The maximum atomic E-state index is 12.5. The molecular weight excluding hydrogens is 398 g/mol. The Bertz CT molecular complexity index is 1170. The highest BCUT2D eigenvalue weighted by molar-refractivity contribution is 7.92. The lowest BCUT2D eigenvalue weighted by molar-refractivity contribution is -0.384. The molecule has 0 unspecified atom stereocenters. The molecule has 0 spiro atoms. The Balaban J connectivity index is 1.82. The number of nitro benzene ring substituents is 1. The number of aryl methyl sites for hydroxylation is 1. The van der Waals surface area contributed by atoms with Crippen molar-refractivity contribution in [2.24, 2.45) is 0 Å². The van der Waals surface area contributed by atoms with Crippen LogP contribution in [0.2, 0.25) is 0 Å². The van der Waals surface area contributed by atoms with Gasteiger partial charge in [-0.05, 0) is 43.3 Å². The van der Waals surface area contributed by atoms with E-state index >= 15 is 0 Å². The number of hydrogen-bond acceptors (Lipinski definition) is 6. The number of carbonyl (C=O) groups is 1. The van der Waals surface area contributed by atoms with Gasteiger partial charge in [0.05, 0.1) is 21.2 Å². The van der Waals surface area contributed by atoms with Crippen molar-refractivity contribution in [3.63, 3.8) is 0 Å². The number of sulfonamides is 1. The first kappa shape index (κ1) is 20.0. The van der Waals surface area contributed by atoms with Crippen LogP contribution in [0, 0.1) is 17.0 Å². The van der Waals surface area contributed by atoms with Gasteiger partial charge in [-0.3, -0.25) is 19.6 Å². The molecule has 0 saturated carbocycles. The van der Waals surface area contributed by atoms with E-state index in [9.17, 15) is 23.3 Å². The monoisotopic (exact) mass is 415 g/mol. The van der Waals surface area contributed by atoms with Crippen molar-refractivity contribution in [2.45, 2.75) is 18.7 Å². The van der Waals surface area contributed by atoms with Gasteiger partial charge in [0.25, 0.3) is 15.7 Å². The van der Waals surface area contributed by atoms with Crippen molar-refractivity contribution in [3.8, 4) is 5.69 Å². The largest absolute Gasteiger partial charge is 0.311 e. The zero-order valence-corrected chi connectivity index (χ0v) is 16.3. The molecule has 1 heterocycles. The quantitative estimate of drug-likeness (QED) is 0.469. The van der Waals surface area contributed by atoms with Crippen LogP contribution >= 0.6 is 0 Å². The number of hydrogen-bond donors (Lipinski definition) is 2. The molecule has 3 rings (SSSR count). The Hall–Kier alpha value is -3.73. The first-order chi connectivity index (χ1) is 13.7. The van der Waals surface area contributed by atoms with Crippen LogP contribution in [-0.4, -0.2) is 29.0 Å². The number of non-ortho nitro benzene ring substituents is 1. The molecule has 0 aliphatic rings. The maximum Gasteiger partial charge on any atom is 0.269 e. The fourth-order valence-corrected chi connectivity index (χ4v) is 3.66. The van der Waals surface area contributed by atoms with E-state index < -0.39 is 14.9 Å². The smallest absolute Gasteiger partial charge is 0.269 e. The first-order valence-corrected chi connectivity index (χ1v) is 9.86. The number of rotatable bonds is 6. The minimum absolute atomic E-state index is 0.0946. The van der Waals surface area contributed by atoms with Crippen LogP contribution in [0.3, 0.4) is 0 Å². The number of amides is 1. The molecule has 10 nitrogen and oxygen atoms in total. The molecule has 1 aromatic heterocycles. The third kappa shape index (κ3) is 4.58. The van der Waals surface area contributed by atoms with Gasteiger partial charge in [0, 0.05) is 30.8 Å². The van der Waals surface area contributed by atoms with Crippen LogP contribution in [0.5, 0.6) is 0 Å². The standard InChI is InChI=1S/C18H17N5O5S/c1-12-11-18(19-13(2)24)22(20-12)15-5-3-14(4-6-15)21-29(27,28)17-9-7-16(8-10-17)23(25)26/h3-11,21H,1-2H3,(H,19,24). The van der Waals surface area contributed by atoms with Crippen LogP contribution < -0.4 is 10.0 Å². The summed E-state index contributed by atoms with van der Waals surface area (Å²) in [6.07, 6.45) is 0. The van der Waals surface area contributed by atoms with Crippen LogP contribution in [0.25, 0.3) is 5.69 Å². The number of benzene rings is 2. The van der Waals surface area contributed by atoms with Crippen molar-refractivity contribution in [3.05, 3.63) is 70.4 Å². The van der Waals surface area contributed by atoms with E-state index in [4.69, 9.17) is 0 Å². The Morgan fingerprint density at radius 1 is 1.10 bits per heavy atom. The molecule has 2 N–H and O–H groups in total. The molecule has 29 heavy (non-hydrogen) atoms. The molecule has 150 valence electrons. The Labute approximate surface area is 166 Å². The van der Waals surface area contributed by atoms with Crippen LogP contribution in [0.4, 0.5) is 17.2 Å². The Morgan fingerprint density at radius 3 is 2.28 bits per heavy atom. The second-order valence-electron chi connectivity index (χ2n) is 6.17. The predicted molar refractivity (Wildman–Crippen MR) is 107 cm³/mol. The summed E-state index contributed by atoms with van der Waals surface area (Å²) in [6, 6.07) is 12.7. The van der Waals surface area contributed by atoms with E-state index in [1.54, 1.807) is 37.3 Å². The number of nitrogens with one attached hydrogen (secondary N) is 2. The summed E-state index contributed by atoms with van der Waals surface area (Å²) in [5.41, 5.74) is 1.44. The molecule has 0 saturated heterocycles. The summed E-state index contributed by atoms with van der Waals surface area (Å²) >= 11 is 0. The fraction of sp³-hybridized carbons (Fsp3) is 0.111. The van der Waals surface area contributed by atoms with Crippen LogP contribution in [0.15, 0.2) is 59.5 Å². The molecule has 0 radical (unpaired) electrons. The third-order valence-corrected chi connectivity index (χ3v) is 5.25. The average Bonchev–Trinajstić information content (AvgIpc) is 3.01. The lowest BCUT2D eigenvalue weighted by atomic mass is 10.3. The van der Waals surface area contributed by atoms with E-state index in [1.807, 2.05) is 0 Å². The summed E-state index contributed by atoms with van der Waals surface area (Å²) in [5, 5.41) is 17.7. The molecular formula is C18H17N5O5S. The highest BCUT2D eigenvalue weighted by Gasteiger charge is 2.16. The van der Waals surface area contributed by atoms with Gasteiger partial charge in [-0.25, -0.2) is 13.1 Å². The maximum absolute atomic E-state index is 12.5. The summed E-state index contributed by atoms with van der Waals surface area (Å²) < 4.78 is 28.9. The minimum Gasteiger partial charge on any atom is -0.311 e. The number of nitrogens with zero attached hydrogens (tertiary/aromatic N) is 3. The van der Waals surface area contributed by atoms with E-state index in [1.165, 1.54) is 23.7 Å². The third-order valence-electron chi connectivity index (χ3n) is 3.86. The van der Waals surface area contributed by atoms with Gasteiger partial charge in [-0.2, -0.15) is 5.10 Å². The van der Waals surface area contributed by atoms with Gasteiger partial charge in [-0.1, -0.05) is 0 Å². The van der Waals surface area contributed by atoms with Gasteiger partial charge >= 0.3 is 0 Å². The Kier molecular flexibility index (Phi) is 5.33. The molecule has 3 aromatic rings. The highest BCUT2D eigenvalue weighted by atomic mass is 32.2. The van der Waals surface area contributed by atoms with Crippen molar-refractivity contribution >= 4 is 33.1 Å². The van der Waals surface area contributed by atoms with E-state index in [0.717, 1.165) is 12.1 Å². The van der Waals surface area contributed by atoms with E-state index in [2.05, 4.69) is 15.1 Å². The normalized spacial score (nSPS) is 11.1. The van der Waals surface area contributed by atoms with Crippen LogP contribution in [0.1, 0.15) is 12.6 Å². The van der Waals surface area contributed by atoms with E-state index in [0.29, 0.717) is 22.9 Å². The zero-order valence-electron chi connectivity index (χ0n) is 15.5.